The van der Waals surface area contributed by atoms with Crippen molar-refractivity contribution in [3.05, 3.63) is 0 Å². The van der Waals surface area contributed by atoms with Crippen LogP contribution < -0.4 is 0 Å². The van der Waals surface area contributed by atoms with Crippen molar-refractivity contribution in [3.63, 3.8) is 0 Å². The lowest BCUT2D eigenvalue weighted by Crippen LogP contribution is -2.42. The first-order chi connectivity index (χ1) is 8.02. The molecular formula is C12H26N2O3. The first-order valence-corrected chi connectivity index (χ1v) is 6.35. The van der Waals surface area contributed by atoms with Crippen LogP contribution in [0.2, 0.25) is 0 Å². The van der Waals surface area contributed by atoms with E-state index in [0.717, 1.165) is 13.0 Å². The molecular weight excluding hydrogens is 220 g/mol. The monoisotopic (exact) mass is 246 g/mol. The maximum atomic E-state index is 9.82. The average molecular weight is 246 g/mol. The molecule has 0 amide bonds. The van der Waals surface area contributed by atoms with Crippen LogP contribution in [0.4, 0.5) is 0 Å². The SMILES string of the molecule is CCOCC(O)CN1CC(O)CC1CN(C)C. The molecule has 3 atom stereocenters. The third kappa shape index (κ3) is 5.31. The quantitative estimate of drug-likeness (QED) is 0.627. The number of likely N-dealkylation sites (N-methyl/N-ethyl adjacent to an activating group) is 1. The van der Waals surface area contributed by atoms with Gasteiger partial charge >= 0.3 is 0 Å². The molecule has 5 nitrogen and oxygen atoms in total. The minimum atomic E-state index is -0.468. The molecule has 1 saturated heterocycles. The molecule has 0 aliphatic carbocycles. The van der Waals surface area contributed by atoms with Crippen molar-refractivity contribution in [2.24, 2.45) is 0 Å². The van der Waals surface area contributed by atoms with E-state index in [-0.39, 0.29) is 6.10 Å². The number of likely N-dealkylation sites (tertiary alicyclic amines) is 1. The third-order valence-electron chi connectivity index (χ3n) is 3.04. The summed E-state index contributed by atoms with van der Waals surface area (Å²) in [4.78, 5) is 4.28. The Labute approximate surface area is 104 Å². The van der Waals surface area contributed by atoms with Gasteiger partial charge in [0.15, 0.2) is 0 Å². The lowest BCUT2D eigenvalue weighted by Gasteiger charge is -2.28. The number of hydrogen-bond donors (Lipinski definition) is 2. The van der Waals surface area contributed by atoms with Crippen molar-refractivity contribution in [2.45, 2.75) is 31.6 Å². The number of nitrogens with zero attached hydrogens (tertiary/aromatic N) is 2. The zero-order valence-electron chi connectivity index (χ0n) is 11.2. The second kappa shape index (κ2) is 7.28. The Kier molecular flexibility index (Phi) is 6.37. The number of aliphatic hydroxyl groups excluding tert-OH is 2. The van der Waals surface area contributed by atoms with Gasteiger partial charge in [0.1, 0.15) is 0 Å². The molecule has 0 spiro atoms. The lowest BCUT2D eigenvalue weighted by atomic mass is 10.2. The van der Waals surface area contributed by atoms with E-state index in [9.17, 15) is 10.2 Å². The molecule has 17 heavy (non-hydrogen) atoms. The standard InChI is InChI=1S/C12H26N2O3/c1-4-17-9-12(16)8-14-7-11(15)5-10(14)6-13(2)3/h10-12,15-16H,4-9H2,1-3H3. The van der Waals surface area contributed by atoms with E-state index in [1.165, 1.54) is 0 Å². The smallest absolute Gasteiger partial charge is 0.0900 e. The Morgan fingerprint density at radius 1 is 1.47 bits per heavy atom. The number of ether oxygens (including phenoxy) is 1. The topological polar surface area (TPSA) is 56.2 Å². The predicted octanol–water partition coefficient (Wildman–Crippen LogP) is -0.619. The van der Waals surface area contributed by atoms with Crippen LogP contribution >= 0.6 is 0 Å². The highest BCUT2D eigenvalue weighted by atomic mass is 16.5. The number of aliphatic hydroxyl groups is 2. The second-order valence-electron chi connectivity index (χ2n) is 5.07. The molecule has 3 unspecified atom stereocenters. The number of rotatable bonds is 7. The van der Waals surface area contributed by atoms with E-state index in [1.807, 2.05) is 21.0 Å². The van der Waals surface area contributed by atoms with Gasteiger partial charge in [-0.25, -0.2) is 0 Å². The summed E-state index contributed by atoms with van der Waals surface area (Å²) in [6.45, 7) is 5.06. The first kappa shape index (κ1) is 14.9. The molecule has 0 saturated carbocycles. The van der Waals surface area contributed by atoms with Crippen LogP contribution in [0.1, 0.15) is 13.3 Å². The normalized spacial score (nSPS) is 27.9. The van der Waals surface area contributed by atoms with Gasteiger partial charge in [0, 0.05) is 32.3 Å². The molecule has 0 bridgehead atoms. The Morgan fingerprint density at radius 2 is 2.18 bits per heavy atom. The Balaban J connectivity index is 2.38. The van der Waals surface area contributed by atoms with E-state index >= 15 is 0 Å². The van der Waals surface area contributed by atoms with Crippen molar-refractivity contribution in [1.29, 1.82) is 0 Å². The van der Waals surface area contributed by atoms with Gasteiger partial charge in [-0.1, -0.05) is 0 Å². The molecule has 2 N–H and O–H groups in total. The van der Waals surface area contributed by atoms with Crippen LogP contribution in [0.3, 0.4) is 0 Å². The fourth-order valence-electron chi connectivity index (χ4n) is 2.37. The summed E-state index contributed by atoms with van der Waals surface area (Å²) < 4.78 is 5.20. The fourth-order valence-corrected chi connectivity index (χ4v) is 2.37. The molecule has 1 aliphatic heterocycles. The molecule has 0 aromatic heterocycles. The summed E-state index contributed by atoms with van der Waals surface area (Å²) in [5.74, 6) is 0. The van der Waals surface area contributed by atoms with Gasteiger partial charge in [-0.15, -0.1) is 0 Å². The summed E-state index contributed by atoms with van der Waals surface area (Å²) in [6.07, 6.45) is 0.0589. The average Bonchev–Trinajstić information content (AvgIpc) is 2.55. The lowest BCUT2D eigenvalue weighted by molar-refractivity contribution is 0.0156. The van der Waals surface area contributed by atoms with E-state index in [2.05, 4.69) is 9.80 Å². The zero-order chi connectivity index (χ0) is 12.8. The maximum absolute atomic E-state index is 9.82. The molecule has 0 aromatic carbocycles. The van der Waals surface area contributed by atoms with Crippen LogP contribution in [0, 0.1) is 0 Å². The molecule has 0 radical (unpaired) electrons. The van der Waals surface area contributed by atoms with Crippen LogP contribution in [0.25, 0.3) is 0 Å². The van der Waals surface area contributed by atoms with Crippen molar-refractivity contribution in [2.75, 3.05) is 46.9 Å². The summed E-state index contributed by atoms with van der Waals surface area (Å²) in [6, 6.07) is 0.330. The van der Waals surface area contributed by atoms with Gasteiger partial charge in [-0.3, -0.25) is 4.90 Å². The summed E-state index contributed by atoms with van der Waals surface area (Å²) in [5.41, 5.74) is 0. The van der Waals surface area contributed by atoms with Gasteiger partial charge in [0.25, 0.3) is 0 Å². The minimum absolute atomic E-state index is 0.265. The largest absolute Gasteiger partial charge is 0.392 e. The molecule has 5 heteroatoms. The van der Waals surface area contributed by atoms with E-state index in [1.54, 1.807) is 0 Å². The van der Waals surface area contributed by atoms with E-state index in [4.69, 9.17) is 4.74 Å². The van der Waals surface area contributed by atoms with E-state index < -0.39 is 6.10 Å². The Morgan fingerprint density at radius 3 is 2.76 bits per heavy atom. The van der Waals surface area contributed by atoms with Gasteiger partial charge in [-0.05, 0) is 27.4 Å². The summed E-state index contributed by atoms with van der Waals surface area (Å²) >= 11 is 0. The highest BCUT2D eigenvalue weighted by Crippen LogP contribution is 2.18. The number of β-amino-alcohol motifs (C(OH)–C–C–N with tert-alkyl or cyclic N) is 2. The fraction of sp³-hybridized carbons (Fsp3) is 1.00. The molecule has 1 fully saturated rings. The zero-order valence-corrected chi connectivity index (χ0v) is 11.2. The second-order valence-corrected chi connectivity index (χ2v) is 5.07. The van der Waals surface area contributed by atoms with Crippen LogP contribution in [0.15, 0.2) is 0 Å². The van der Waals surface area contributed by atoms with Crippen molar-refractivity contribution < 1.29 is 14.9 Å². The highest BCUT2D eigenvalue weighted by Gasteiger charge is 2.32. The van der Waals surface area contributed by atoms with Gasteiger partial charge in [-0.2, -0.15) is 0 Å². The molecule has 0 aromatic rings. The first-order valence-electron chi connectivity index (χ1n) is 6.35. The summed E-state index contributed by atoms with van der Waals surface area (Å²) in [7, 11) is 4.05. The molecule has 1 rings (SSSR count). The van der Waals surface area contributed by atoms with Gasteiger partial charge in [0.05, 0.1) is 18.8 Å². The van der Waals surface area contributed by atoms with Crippen molar-refractivity contribution in [1.82, 2.24) is 9.80 Å². The third-order valence-corrected chi connectivity index (χ3v) is 3.04. The highest BCUT2D eigenvalue weighted by molar-refractivity contribution is 4.87. The molecule has 102 valence electrons. The van der Waals surface area contributed by atoms with Gasteiger partial charge in [0.2, 0.25) is 0 Å². The van der Waals surface area contributed by atoms with Crippen molar-refractivity contribution in [3.8, 4) is 0 Å². The van der Waals surface area contributed by atoms with Crippen LogP contribution in [-0.2, 0) is 4.74 Å². The summed E-state index contributed by atoms with van der Waals surface area (Å²) in [5, 5.41) is 19.5. The Hall–Kier alpha value is -0.200. The minimum Gasteiger partial charge on any atom is -0.392 e. The van der Waals surface area contributed by atoms with Crippen molar-refractivity contribution >= 4 is 0 Å². The maximum Gasteiger partial charge on any atom is 0.0900 e. The Bertz CT molecular complexity index is 214. The molecule has 1 aliphatic rings. The van der Waals surface area contributed by atoms with Crippen LogP contribution in [-0.4, -0.2) is 85.2 Å². The van der Waals surface area contributed by atoms with Crippen LogP contribution in [0.5, 0.6) is 0 Å². The predicted molar refractivity (Wildman–Crippen MR) is 67.0 cm³/mol. The molecule has 1 heterocycles. The van der Waals surface area contributed by atoms with Gasteiger partial charge < -0.3 is 19.8 Å². The van der Waals surface area contributed by atoms with E-state index in [0.29, 0.717) is 32.3 Å². The number of hydrogen-bond acceptors (Lipinski definition) is 5.